The number of anilines is 1. The highest BCUT2D eigenvalue weighted by molar-refractivity contribution is 6.08. The summed E-state index contributed by atoms with van der Waals surface area (Å²) in [5.74, 6) is -1.10. The van der Waals surface area contributed by atoms with E-state index in [2.05, 4.69) is 31.1 Å². The minimum Gasteiger partial charge on any atom is -0.459 e. The fourth-order valence-corrected chi connectivity index (χ4v) is 4.68. The van der Waals surface area contributed by atoms with Gasteiger partial charge in [-0.15, -0.1) is 0 Å². The molecule has 8 heteroatoms. The third-order valence-electron chi connectivity index (χ3n) is 6.80. The average molecular weight is 539 g/mol. The number of imidazole rings is 1. The first-order valence-corrected chi connectivity index (χ1v) is 13.1. The molecule has 0 aliphatic rings. The van der Waals surface area contributed by atoms with Crippen LogP contribution in [0, 0.1) is 5.82 Å². The molecule has 204 valence electrons. The number of nitrogens with zero attached hydrogens (tertiary/aromatic N) is 3. The Morgan fingerprint density at radius 3 is 2.52 bits per heavy atom. The fourth-order valence-electron chi connectivity index (χ4n) is 4.68. The van der Waals surface area contributed by atoms with Gasteiger partial charge in [0.05, 0.1) is 18.2 Å². The minimum absolute atomic E-state index is 0.0935. The molecule has 40 heavy (non-hydrogen) atoms. The Hall–Kier alpha value is -4.72. The molecule has 0 saturated heterocycles. The van der Waals surface area contributed by atoms with E-state index in [1.165, 1.54) is 23.3 Å². The van der Waals surface area contributed by atoms with E-state index in [4.69, 9.17) is 4.42 Å². The largest absolute Gasteiger partial charge is 0.459 e. The van der Waals surface area contributed by atoms with Crippen molar-refractivity contribution in [3.05, 3.63) is 126 Å². The van der Waals surface area contributed by atoms with Gasteiger partial charge in [0.25, 0.3) is 5.91 Å². The normalized spacial score (nSPS) is 12.3. The van der Waals surface area contributed by atoms with Crippen molar-refractivity contribution in [2.24, 2.45) is 0 Å². The number of amides is 2. The molecular formula is C32H31FN4O3. The van der Waals surface area contributed by atoms with Gasteiger partial charge in [-0.25, -0.2) is 9.37 Å². The summed E-state index contributed by atoms with van der Waals surface area (Å²) in [7, 11) is 0. The third-order valence-corrected chi connectivity index (χ3v) is 6.80. The molecule has 2 aromatic carbocycles. The van der Waals surface area contributed by atoms with Gasteiger partial charge in [0.15, 0.2) is 11.8 Å². The maximum Gasteiger partial charge on any atom is 0.295 e. The summed E-state index contributed by atoms with van der Waals surface area (Å²) in [5, 5.41) is 2.96. The molecule has 5 aromatic rings. The summed E-state index contributed by atoms with van der Waals surface area (Å²) in [5.41, 5.74) is 3.44. The van der Waals surface area contributed by atoms with E-state index < -0.39 is 17.9 Å². The molecule has 0 fully saturated rings. The molecule has 3 heterocycles. The summed E-state index contributed by atoms with van der Waals surface area (Å²) in [6.07, 6.45) is 5.27. The standard InChI is InChI=1S/C32H31FN4O3/c1-32(2,3)23-12-14-25(15-13-23)37(31(39)27-10-7-19-40-27)29(26-21-35-28-11-4-5-18-36(26)28)30(38)34-17-16-22-8-6-9-24(33)20-22/h4-15,18-21,29H,16-17H2,1-3H3,(H,34,38). The molecular weight excluding hydrogens is 507 g/mol. The van der Waals surface area contributed by atoms with E-state index in [0.717, 1.165) is 11.1 Å². The van der Waals surface area contributed by atoms with Gasteiger partial charge in [-0.2, -0.15) is 0 Å². The molecule has 2 amide bonds. The molecule has 0 bridgehead atoms. The molecule has 7 nitrogen and oxygen atoms in total. The first-order valence-electron chi connectivity index (χ1n) is 13.1. The summed E-state index contributed by atoms with van der Waals surface area (Å²) < 4.78 is 21.0. The highest BCUT2D eigenvalue weighted by Gasteiger charge is 2.36. The van der Waals surface area contributed by atoms with Gasteiger partial charge >= 0.3 is 0 Å². The van der Waals surface area contributed by atoms with Crippen LogP contribution in [0.15, 0.2) is 102 Å². The van der Waals surface area contributed by atoms with Gasteiger partial charge in [0.2, 0.25) is 5.91 Å². The third kappa shape index (κ3) is 5.66. The van der Waals surface area contributed by atoms with Crippen LogP contribution in [0.25, 0.3) is 5.65 Å². The lowest BCUT2D eigenvalue weighted by molar-refractivity contribution is -0.122. The van der Waals surface area contributed by atoms with Crippen molar-refractivity contribution >= 4 is 23.1 Å². The van der Waals surface area contributed by atoms with Crippen molar-refractivity contribution in [1.29, 1.82) is 0 Å². The maximum absolute atomic E-state index is 14.0. The lowest BCUT2D eigenvalue weighted by Crippen LogP contribution is -2.45. The van der Waals surface area contributed by atoms with E-state index in [0.29, 0.717) is 23.4 Å². The van der Waals surface area contributed by atoms with Crippen LogP contribution in [-0.4, -0.2) is 27.7 Å². The zero-order valence-electron chi connectivity index (χ0n) is 22.7. The van der Waals surface area contributed by atoms with E-state index in [9.17, 15) is 14.0 Å². The molecule has 5 rings (SSSR count). The SMILES string of the molecule is CC(C)(C)c1ccc(N(C(=O)c2ccco2)C(C(=O)NCCc2cccc(F)c2)c2cnc3ccccn23)cc1. The van der Waals surface area contributed by atoms with Crippen LogP contribution >= 0.6 is 0 Å². The highest BCUT2D eigenvalue weighted by Crippen LogP contribution is 2.32. The van der Waals surface area contributed by atoms with Crippen molar-refractivity contribution in [3.63, 3.8) is 0 Å². The van der Waals surface area contributed by atoms with Crippen LogP contribution in [0.1, 0.15) is 54.2 Å². The van der Waals surface area contributed by atoms with E-state index in [1.54, 1.807) is 34.9 Å². The van der Waals surface area contributed by atoms with E-state index in [1.807, 2.05) is 48.7 Å². The fraction of sp³-hybridized carbons (Fsp3) is 0.219. The second-order valence-corrected chi connectivity index (χ2v) is 10.6. The Bertz CT molecular complexity index is 1620. The molecule has 0 spiro atoms. The van der Waals surface area contributed by atoms with Crippen LogP contribution in [0.5, 0.6) is 0 Å². The Balaban J connectivity index is 1.57. The first kappa shape index (κ1) is 26.9. The number of rotatable bonds is 8. The Morgan fingerprint density at radius 2 is 1.82 bits per heavy atom. The number of aromatic nitrogens is 2. The van der Waals surface area contributed by atoms with Crippen molar-refractivity contribution < 1.29 is 18.4 Å². The molecule has 0 aliphatic carbocycles. The van der Waals surface area contributed by atoms with Crippen LogP contribution in [0.2, 0.25) is 0 Å². The zero-order valence-corrected chi connectivity index (χ0v) is 22.7. The quantitative estimate of drug-likeness (QED) is 0.259. The number of benzene rings is 2. The summed E-state index contributed by atoms with van der Waals surface area (Å²) >= 11 is 0. The predicted molar refractivity (Wildman–Crippen MR) is 152 cm³/mol. The Morgan fingerprint density at radius 1 is 1.02 bits per heavy atom. The molecule has 0 radical (unpaired) electrons. The first-order chi connectivity index (χ1) is 19.2. The van der Waals surface area contributed by atoms with Crippen LogP contribution < -0.4 is 10.2 Å². The number of carbonyl (C=O) groups is 2. The van der Waals surface area contributed by atoms with Crippen LogP contribution in [-0.2, 0) is 16.6 Å². The molecule has 1 unspecified atom stereocenters. The van der Waals surface area contributed by atoms with Crippen molar-refractivity contribution in [2.75, 3.05) is 11.4 Å². The highest BCUT2D eigenvalue weighted by atomic mass is 19.1. The minimum atomic E-state index is -1.08. The summed E-state index contributed by atoms with van der Waals surface area (Å²) in [6, 6.07) is 21.5. The number of nitrogens with one attached hydrogen (secondary N) is 1. The van der Waals surface area contributed by atoms with Gasteiger partial charge in [-0.3, -0.25) is 14.5 Å². The molecule has 0 aliphatic heterocycles. The van der Waals surface area contributed by atoms with Crippen molar-refractivity contribution in [3.8, 4) is 0 Å². The number of hydrogen-bond acceptors (Lipinski definition) is 4. The second kappa shape index (κ2) is 11.2. The smallest absolute Gasteiger partial charge is 0.295 e. The van der Waals surface area contributed by atoms with Crippen molar-refractivity contribution in [1.82, 2.24) is 14.7 Å². The van der Waals surface area contributed by atoms with Crippen molar-refractivity contribution in [2.45, 2.75) is 38.6 Å². The van der Waals surface area contributed by atoms with Gasteiger partial charge in [-0.05, 0) is 71.5 Å². The lowest BCUT2D eigenvalue weighted by Gasteiger charge is -2.31. The topological polar surface area (TPSA) is 79.8 Å². The molecule has 1 atom stereocenters. The number of fused-ring (bicyclic) bond motifs is 1. The van der Waals surface area contributed by atoms with Gasteiger partial charge in [-0.1, -0.05) is 51.1 Å². The number of halogens is 1. The van der Waals surface area contributed by atoms with E-state index >= 15 is 0 Å². The van der Waals surface area contributed by atoms with Gasteiger partial charge < -0.3 is 14.1 Å². The summed E-state index contributed by atoms with van der Waals surface area (Å²) in [4.78, 5) is 33.9. The molecule has 0 saturated carbocycles. The van der Waals surface area contributed by atoms with Gasteiger partial charge in [0, 0.05) is 18.4 Å². The molecule has 1 N–H and O–H groups in total. The molecule has 3 aromatic heterocycles. The number of carbonyl (C=O) groups excluding carboxylic acids is 2. The Kier molecular flexibility index (Phi) is 7.51. The average Bonchev–Trinajstić information content (AvgIpc) is 3.62. The second-order valence-electron chi connectivity index (χ2n) is 10.6. The number of hydrogen-bond donors (Lipinski definition) is 1. The van der Waals surface area contributed by atoms with Crippen LogP contribution in [0.4, 0.5) is 10.1 Å². The summed E-state index contributed by atoms with van der Waals surface area (Å²) in [6.45, 7) is 6.59. The number of furan rings is 1. The van der Waals surface area contributed by atoms with Crippen LogP contribution in [0.3, 0.4) is 0 Å². The Labute approximate surface area is 232 Å². The van der Waals surface area contributed by atoms with Gasteiger partial charge in [0.1, 0.15) is 11.5 Å². The van der Waals surface area contributed by atoms with E-state index in [-0.39, 0.29) is 23.5 Å². The maximum atomic E-state index is 14.0. The number of pyridine rings is 1. The zero-order chi connectivity index (χ0) is 28.3. The predicted octanol–water partition coefficient (Wildman–Crippen LogP) is 6.11. The monoisotopic (exact) mass is 538 g/mol. The lowest BCUT2D eigenvalue weighted by atomic mass is 9.87.